The second-order valence-electron chi connectivity index (χ2n) is 13.0. The van der Waals surface area contributed by atoms with E-state index in [2.05, 4.69) is 21.3 Å². The predicted octanol–water partition coefficient (Wildman–Crippen LogP) is 2.43. The Labute approximate surface area is 348 Å². The molecule has 17 heteroatoms. The molecule has 0 fully saturated rings. The molecule has 0 heterocycles. The topological polar surface area (TPSA) is 242 Å². The SMILES string of the molecule is Cl.Cl.Cl.N=C(N)Nc1ccc(CCCC(=O)N[C@@H](CO)C(=O)NCCCCN(CCCNC(=O)[C@@H](N)Cc2ccccc2)C(=O)[C@@H](N)Cc2ccccc2)cc1. The van der Waals surface area contributed by atoms with Gasteiger partial charge in [0.25, 0.3) is 0 Å². The van der Waals surface area contributed by atoms with Gasteiger partial charge in [0.2, 0.25) is 23.6 Å². The molecule has 3 aromatic carbocycles. The van der Waals surface area contributed by atoms with Crippen LogP contribution in [0.3, 0.4) is 0 Å². The predicted molar refractivity (Wildman–Crippen MR) is 228 cm³/mol. The van der Waals surface area contributed by atoms with Crippen molar-refractivity contribution < 1.29 is 24.3 Å². The molecule has 12 N–H and O–H groups in total. The van der Waals surface area contributed by atoms with Crippen molar-refractivity contribution in [1.82, 2.24) is 20.9 Å². The largest absolute Gasteiger partial charge is 0.394 e. The summed E-state index contributed by atoms with van der Waals surface area (Å²) in [6.07, 6.45) is 3.79. The highest BCUT2D eigenvalue weighted by Crippen LogP contribution is 2.12. The van der Waals surface area contributed by atoms with Gasteiger partial charge in [0.15, 0.2) is 5.96 Å². The Morgan fingerprint density at radius 3 is 1.79 bits per heavy atom. The van der Waals surface area contributed by atoms with Crippen LogP contribution in [0, 0.1) is 5.41 Å². The molecule has 3 rings (SSSR count). The van der Waals surface area contributed by atoms with Gasteiger partial charge < -0.3 is 48.5 Å². The van der Waals surface area contributed by atoms with Crippen LogP contribution in [0.4, 0.5) is 5.69 Å². The number of nitrogens with one attached hydrogen (secondary N) is 5. The maximum atomic E-state index is 13.4. The molecule has 0 aliphatic heterocycles. The Morgan fingerprint density at radius 1 is 0.679 bits per heavy atom. The standard InChI is InChI=1S/C39H55N9O5.3ClH/c40-32(25-29-11-3-1-4-12-29)36(51)44-22-10-24-48(38(53)33(41)26-30-13-5-2-6-14-30)23-8-7-21-45-37(52)34(27-49)47-35(50)16-9-15-28-17-19-31(20-18-28)46-39(42)43;;;/h1-6,11-14,17-20,32-34,49H,7-10,15-16,21-27,40-41H2,(H,44,51)(H,45,52)(H,47,50)(H4,42,43,46);3*1H/t32-,33-,34-;;;/m0.../s1. The average Bonchev–Trinajstić information content (AvgIpc) is 3.15. The van der Waals surface area contributed by atoms with Gasteiger partial charge in [-0.2, -0.15) is 0 Å². The number of amides is 4. The average molecular weight is 839 g/mol. The molecule has 0 bridgehead atoms. The van der Waals surface area contributed by atoms with Gasteiger partial charge in [-0.15, -0.1) is 37.2 Å². The van der Waals surface area contributed by atoms with Crippen LogP contribution in [0.2, 0.25) is 0 Å². The number of halogens is 3. The minimum absolute atomic E-state index is 0. The molecule has 0 unspecified atom stereocenters. The van der Waals surface area contributed by atoms with Crippen LogP contribution in [0.5, 0.6) is 0 Å². The van der Waals surface area contributed by atoms with Gasteiger partial charge >= 0.3 is 0 Å². The minimum atomic E-state index is -1.08. The van der Waals surface area contributed by atoms with Gasteiger partial charge in [-0.05, 0) is 73.8 Å². The van der Waals surface area contributed by atoms with Gasteiger partial charge in [0.1, 0.15) is 6.04 Å². The minimum Gasteiger partial charge on any atom is -0.394 e. The van der Waals surface area contributed by atoms with Crippen LogP contribution < -0.4 is 38.5 Å². The first-order valence-corrected chi connectivity index (χ1v) is 18.1. The number of guanidine groups is 1. The molecule has 3 atom stereocenters. The van der Waals surface area contributed by atoms with E-state index in [-0.39, 0.29) is 73.9 Å². The zero-order chi connectivity index (χ0) is 38.4. The number of unbranched alkanes of at least 4 members (excludes halogenated alkanes) is 1. The van der Waals surface area contributed by atoms with Gasteiger partial charge in [0, 0.05) is 38.3 Å². The van der Waals surface area contributed by atoms with Crippen LogP contribution in [0.1, 0.15) is 48.8 Å². The van der Waals surface area contributed by atoms with E-state index >= 15 is 0 Å². The Kier molecular flexibility index (Phi) is 26.6. The maximum Gasteiger partial charge on any atom is 0.244 e. The molecular weight excluding hydrogens is 781 g/mol. The summed E-state index contributed by atoms with van der Waals surface area (Å²) in [4.78, 5) is 52.9. The van der Waals surface area contributed by atoms with Crippen molar-refractivity contribution in [2.24, 2.45) is 17.2 Å². The first-order valence-electron chi connectivity index (χ1n) is 18.1. The third-order valence-corrected chi connectivity index (χ3v) is 8.56. The quantitative estimate of drug-likeness (QED) is 0.0387. The summed E-state index contributed by atoms with van der Waals surface area (Å²) in [6.45, 7) is 0.860. The summed E-state index contributed by atoms with van der Waals surface area (Å²) in [5.41, 5.74) is 21.4. The van der Waals surface area contributed by atoms with E-state index in [1.807, 2.05) is 72.8 Å². The van der Waals surface area contributed by atoms with Crippen molar-refractivity contribution in [3.05, 3.63) is 102 Å². The van der Waals surface area contributed by atoms with Crippen LogP contribution in [0.25, 0.3) is 0 Å². The molecule has 4 amide bonds. The number of hydrogen-bond donors (Lipinski definition) is 9. The van der Waals surface area contributed by atoms with Crippen LogP contribution >= 0.6 is 37.2 Å². The van der Waals surface area contributed by atoms with Gasteiger partial charge in [-0.1, -0.05) is 72.8 Å². The number of carbonyl (C=O) groups is 4. The molecule has 0 spiro atoms. The maximum absolute atomic E-state index is 13.4. The molecule has 0 saturated heterocycles. The normalized spacial score (nSPS) is 11.8. The van der Waals surface area contributed by atoms with Crippen LogP contribution in [-0.2, 0) is 38.4 Å². The first-order chi connectivity index (χ1) is 25.5. The second-order valence-corrected chi connectivity index (χ2v) is 13.0. The number of anilines is 1. The first kappa shape index (κ1) is 51.6. The van der Waals surface area contributed by atoms with E-state index in [1.165, 1.54) is 0 Å². The molecule has 0 radical (unpaired) electrons. The van der Waals surface area contributed by atoms with Crippen molar-refractivity contribution in [2.75, 3.05) is 38.1 Å². The number of nitrogens with two attached hydrogens (primary N) is 3. The van der Waals surface area contributed by atoms with E-state index in [4.69, 9.17) is 22.6 Å². The van der Waals surface area contributed by atoms with E-state index in [1.54, 1.807) is 17.0 Å². The van der Waals surface area contributed by atoms with Crippen molar-refractivity contribution in [1.29, 1.82) is 5.41 Å². The third-order valence-electron chi connectivity index (χ3n) is 8.56. The molecular formula is C39H58Cl3N9O5. The number of hydrogen-bond acceptors (Lipinski definition) is 8. The van der Waals surface area contributed by atoms with E-state index in [9.17, 15) is 24.3 Å². The van der Waals surface area contributed by atoms with Crippen molar-refractivity contribution in [3.63, 3.8) is 0 Å². The summed E-state index contributed by atoms with van der Waals surface area (Å²) in [6, 6.07) is 24.0. The molecule has 3 aromatic rings. The summed E-state index contributed by atoms with van der Waals surface area (Å²) in [5, 5.41) is 28.0. The van der Waals surface area contributed by atoms with Gasteiger partial charge in [0.05, 0.1) is 18.7 Å². The van der Waals surface area contributed by atoms with E-state index < -0.39 is 30.6 Å². The van der Waals surface area contributed by atoms with Crippen molar-refractivity contribution in [2.45, 2.75) is 69.5 Å². The number of aliphatic hydroxyl groups is 1. The molecule has 310 valence electrons. The number of benzene rings is 3. The van der Waals surface area contributed by atoms with E-state index in [0.717, 1.165) is 16.7 Å². The van der Waals surface area contributed by atoms with Gasteiger partial charge in [-0.25, -0.2) is 0 Å². The lowest BCUT2D eigenvalue weighted by Gasteiger charge is -2.26. The fourth-order valence-electron chi connectivity index (χ4n) is 5.68. The highest BCUT2D eigenvalue weighted by Gasteiger charge is 2.22. The Bertz CT molecular complexity index is 1590. The number of rotatable bonds is 23. The Morgan fingerprint density at radius 2 is 1.21 bits per heavy atom. The number of aliphatic hydroxyl groups excluding tert-OH is 1. The smallest absolute Gasteiger partial charge is 0.244 e. The van der Waals surface area contributed by atoms with Crippen LogP contribution in [0.15, 0.2) is 84.9 Å². The number of carbonyl (C=O) groups excluding carboxylic acids is 4. The fourth-order valence-corrected chi connectivity index (χ4v) is 5.68. The van der Waals surface area contributed by atoms with Crippen molar-refractivity contribution >= 4 is 72.5 Å². The Hall–Kier alpha value is -4.44. The summed E-state index contributed by atoms with van der Waals surface area (Å²) in [5.74, 6) is -1.44. The fraction of sp³-hybridized carbons (Fsp3) is 0.410. The lowest BCUT2D eigenvalue weighted by Crippen LogP contribution is -2.49. The molecule has 0 saturated carbocycles. The lowest BCUT2D eigenvalue weighted by molar-refractivity contribution is -0.132. The highest BCUT2D eigenvalue weighted by atomic mass is 35.5. The molecule has 14 nitrogen and oxygen atoms in total. The summed E-state index contributed by atoms with van der Waals surface area (Å²) < 4.78 is 0. The molecule has 0 aliphatic carbocycles. The molecule has 0 aliphatic rings. The Balaban J connectivity index is 0.0000101. The summed E-state index contributed by atoms with van der Waals surface area (Å²) in [7, 11) is 0. The third kappa shape index (κ3) is 19.9. The second kappa shape index (κ2) is 28.9. The summed E-state index contributed by atoms with van der Waals surface area (Å²) >= 11 is 0. The highest BCUT2D eigenvalue weighted by molar-refractivity contribution is 5.90. The zero-order valence-electron chi connectivity index (χ0n) is 31.5. The molecule has 56 heavy (non-hydrogen) atoms. The van der Waals surface area contributed by atoms with E-state index in [0.29, 0.717) is 70.3 Å². The number of aryl methyl sites for hydroxylation is 1. The zero-order valence-corrected chi connectivity index (χ0v) is 33.9. The van der Waals surface area contributed by atoms with Crippen molar-refractivity contribution in [3.8, 4) is 0 Å². The monoisotopic (exact) mass is 837 g/mol. The van der Waals surface area contributed by atoms with Crippen LogP contribution in [-0.4, -0.2) is 90.5 Å². The number of nitrogens with zero attached hydrogens (tertiary/aromatic N) is 1. The van der Waals surface area contributed by atoms with Gasteiger partial charge in [-0.3, -0.25) is 24.6 Å². The molecule has 0 aromatic heterocycles. The lowest BCUT2D eigenvalue weighted by atomic mass is 10.1.